The maximum absolute atomic E-state index is 12.4. The zero-order chi connectivity index (χ0) is 19.8. The van der Waals surface area contributed by atoms with Crippen LogP contribution in [-0.4, -0.2) is 24.0 Å². The Morgan fingerprint density at radius 3 is 2.43 bits per heavy atom. The van der Waals surface area contributed by atoms with E-state index in [2.05, 4.69) is 11.4 Å². The van der Waals surface area contributed by atoms with E-state index >= 15 is 0 Å². The van der Waals surface area contributed by atoms with Crippen LogP contribution >= 0.6 is 0 Å². The minimum Gasteiger partial charge on any atom is -0.489 e. The van der Waals surface area contributed by atoms with E-state index in [4.69, 9.17) is 9.47 Å². The highest BCUT2D eigenvalue weighted by molar-refractivity contribution is 5.92. The van der Waals surface area contributed by atoms with Gasteiger partial charge in [0.2, 0.25) is 0 Å². The molecule has 1 saturated carbocycles. The lowest BCUT2D eigenvalue weighted by Crippen LogP contribution is -2.46. The Balaban J connectivity index is 1.57. The molecule has 0 radical (unpaired) electrons. The standard InChI is InChI=1S/C22H22N2O4/c23-16-22(12-6-7-13-22)24-20(25)15-28-21(26)19-11-5-4-8-17(19)14-27-18-9-2-1-3-10-18/h1-5,8-11H,6-7,12-15H2,(H,24,25). The summed E-state index contributed by atoms with van der Waals surface area (Å²) in [6.07, 6.45) is 3.07. The molecule has 0 atom stereocenters. The molecule has 0 bridgehead atoms. The number of rotatable bonds is 7. The van der Waals surface area contributed by atoms with Crippen molar-refractivity contribution < 1.29 is 19.1 Å². The van der Waals surface area contributed by atoms with E-state index in [0.29, 0.717) is 29.7 Å². The van der Waals surface area contributed by atoms with Crippen LogP contribution in [-0.2, 0) is 16.1 Å². The van der Waals surface area contributed by atoms with E-state index in [0.717, 1.165) is 12.8 Å². The van der Waals surface area contributed by atoms with Crippen molar-refractivity contribution in [1.82, 2.24) is 5.32 Å². The van der Waals surface area contributed by atoms with Gasteiger partial charge in [-0.2, -0.15) is 5.26 Å². The van der Waals surface area contributed by atoms with Crippen LogP contribution in [0.15, 0.2) is 54.6 Å². The molecule has 1 amide bonds. The summed E-state index contributed by atoms with van der Waals surface area (Å²) in [5, 5.41) is 12.0. The van der Waals surface area contributed by atoms with E-state index in [9.17, 15) is 14.9 Å². The summed E-state index contributed by atoms with van der Waals surface area (Å²) in [7, 11) is 0. The van der Waals surface area contributed by atoms with Crippen LogP contribution in [0.4, 0.5) is 0 Å². The monoisotopic (exact) mass is 378 g/mol. The van der Waals surface area contributed by atoms with Gasteiger partial charge in [0.05, 0.1) is 11.6 Å². The summed E-state index contributed by atoms with van der Waals surface area (Å²) in [6, 6.07) is 18.4. The van der Waals surface area contributed by atoms with Gasteiger partial charge in [-0.3, -0.25) is 4.79 Å². The Hall–Kier alpha value is -3.33. The molecule has 0 aromatic heterocycles. The molecule has 144 valence electrons. The van der Waals surface area contributed by atoms with Gasteiger partial charge < -0.3 is 14.8 Å². The maximum Gasteiger partial charge on any atom is 0.339 e. The minimum atomic E-state index is -0.828. The number of hydrogen-bond donors (Lipinski definition) is 1. The lowest BCUT2D eigenvalue weighted by molar-refractivity contribution is -0.125. The molecular weight excluding hydrogens is 356 g/mol. The average Bonchev–Trinajstić information content (AvgIpc) is 3.20. The average molecular weight is 378 g/mol. The molecule has 1 aliphatic carbocycles. The molecule has 1 fully saturated rings. The summed E-state index contributed by atoms with van der Waals surface area (Å²) in [5.74, 6) is -0.363. The number of amides is 1. The number of carbonyl (C=O) groups excluding carboxylic acids is 2. The Morgan fingerprint density at radius 1 is 1.04 bits per heavy atom. The fourth-order valence-corrected chi connectivity index (χ4v) is 3.28. The van der Waals surface area contributed by atoms with Gasteiger partial charge in [0.15, 0.2) is 6.61 Å². The summed E-state index contributed by atoms with van der Waals surface area (Å²) >= 11 is 0. The molecule has 0 heterocycles. The Bertz CT molecular complexity index is 868. The van der Waals surface area contributed by atoms with E-state index in [-0.39, 0.29) is 6.61 Å². The van der Waals surface area contributed by atoms with Crippen LogP contribution in [0.3, 0.4) is 0 Å². The van der Waals surface area contributed by atoms with Crippen LogP contribution < -0.4 is 10.1 Å². The lowest BCUT2D eigenvalue weighted by Gasteiger charge is -2.21. The molecule has 6 heteroatoms. The third-order valence-electron chi connectivity index (χ3n) is 4.76. The topological polar surface area (TPSA) is 88.4 Å². The van der Waals surface area contributed by atoms with E-state index < -0.39 is 24.0 Å². The number of nitriles is 1. The van der Waals surface area contributed by atoms with Gasteiger partial charge in [0.1, 0.15) is 17.9 Å². The first-order chi connectivity index (χ1) is 13.6. The van der Waals surface area contributed by atoms with Gasteiger partial charge in [-0.25, -0.2) is 4.79 Å². The number of esters is 1. The fraction of sp³-hybridized carbons (Fsp3) is 0.318. The smallest absolute Gasteiger partial charge is 0.339 e. The molecule has 1 aliphatic rings. The highest BCUT2D eigenvalue weighted by Crippen LogP contribution is 2.28. The largest absolute Gasteiger partial charge is 0.489 e. The van der Waals surface area contributed by atoms with Gasteiger partial charge in [-0.1, -0.05) is 36.4 Å². The quantitative estimate of drug-likeness (QED) is 0.746. The molecule has 28 heavy (non-hydrogen) atoms. The maximum atomic E-state index is 12.4. The second-order valence-electron chi connectivity index (χ2n) is 6.78. The zero-order valence-corrected chi connectivity index (χ0v) is 15.5. The third kappa shape index (κ3) is 4.89. The van der Waals surface area contributed by atoms with Crippen molar-refractivity contribution in [3.63, 3.8) is 0 Å². The van der Waals surface area contributed by atoms with Crippen LogP contribution in [0, 0.1) is 11.3 Å². The van der Waals surface area contributed by atoms with Gasteiger partial charge in [0, 0.05) is 5.56 Å². The Labute approximate surface area is 164 Å². The number of hydrogen-bond acceptors (Lipinski definition) is 5. The van der Waals surface area contributed by atoms with Crippen LogP contribution in [0.1, 0.15) is 41.6 Å². The Morgan fingerprint density at radius 2 is 1.71 bits per heavy atom. The van der Waals surface area contributed by atoms with Crippen molar-refractivity contribution in [2.24, 2.45) is 0 Å². The van der Waals surface area contributed by atoms with Crippen molar-refractivity contribution in [3.8, 4) is 11.8 Å². The molecule has 0 unspecified atom stereocenters. The van der Waals surface area contributed by atoms with Crippen LogP contribution in [0.25, 0.3) is 0 Å². The number of nitrogens with zero attached hydrogens (tertiary/aromatic N) is 1. The normalized spacial score (nSPS) is 14.7. The highest BCUT2D eigenvalue weighted by Gasteiger charge is 2.35. The minimum absolute atomic E-state index is 0.207. The van der Waals surface area contributed by atoms with Crippen LogP contribution in [0.5, 0.6) is 5.75 Å². The predicted molar refractivity (Wildman–Crippen MR) is 102 cm³/mol. The molecule has 3 rings (SSSR count). The summed E-state index contributed by atoms with van der Waals surface area (Å²) in [4.78, 5) is 24.6. The summed E-state index contributed by atoms with van der Waals surface area (Å²) < 4.78 is 10.9. The second-order valence-corrected chi connectivity index (χ2v) is 6.78. The SMILES string of the molecule is N#CC1(NC(=O)COC(=O)c2ccccc2COc2ccccc2)CCCC1. The fourth-order valence-electron chi connectivity index (χ4n) is 3.28. The van der Waals surface area contributed by atoms with Crippen LogP contribution in [0.2, 0.25) is 0 Å². The molecule has 0 aliphatic heterocycles. The number of carbonyl (C=O) groups is 2. The van der Waals surface area contributed by atoms with Gasteiger partial charge in [-0.15, -0.1) is 0 Å². The first-order valence-electron chi connectivity index (χ1n) is 9.27. The first-order valence-corrected chi connectivity index (χ1v) is 9.27. The van der Waals surface area contributed by atoms with E-state index in [1.807, 2.05) is 36.4 Å². The van der Waals surface area contributed by atoms with Crippen molar-refractivity contribution in [2.45, 2.75) is 37.8 Å². The first kappa shape index (κ1) is 19.4. The molecule has 6 nitrogen and oxygen atoms in total. The molecule has 2 aromatic carbocycles. The van der Waals surface area contributed by atoms with Crippen molar-refractivity contribution in [3.05, 3.63) is 65.7 Å². The second kappa shape index (κ2) is 9.05. The van der Waals surface area contributed by atoms with Gasteiger partial charge in [0.25, 0.3) is 5.91 Å². The van der Waals surface area contributed by atoms with Crippen molar-refractivity contribution >= 4 is 11.9 Å². The van der Waals surface area contributed by atoms with Crippen molar-refractivity contribution in [2.75, 3.05) is 6.61 Å². The van der Waals surface area contributed by atoms with E-state index in [1.165, 1.54) is 0 Å². The number of para-hydroxylation sites is 1. The highest BCUT2D eigenvalue weighted by atomic mass is 16.5. The molecule has 0 saturated heterocycles. The van der Waals surface area contributed by atoms with Gasteiger partial charge in [-0.05, 0) is 43.9 Å². The summed E-state index contributed by atoms with van der Waals surface area (Å²) in [6.45, 7) is -0.213. The molecular formula is C22H22N2O4. The zero-order valence-electron chi connectivity index (χ0n) is 15.5. The number of ether oxygens (including phenoxy) is 2. The molecule has 1 N–H and O–H groups in total. The number of nitrogens with one attached hydrogen (secondary N) is 1. The van der Waals surface area contributed by atoms with Gasteiger partial charge >= 0.3 is 5.97 Å². The van der Waals surface area contributed by atoms with Crippen molar-refractivity contribution in [1.29, 1.82) is 5.26 Å². The predicted octanol–water partition coefficient (Wildman–Crippen LogP) is 3.37. The molecule has 2 aromatic rings. The third-order valence-corrected chi connectivity index (χ3v) is 4.76. The molecule has 0 spiro atoms. The Kier molecular flexibility index (Phi) is 6.28. The summed E-state index contributed by atoms with van der Waals surface area (Å²) in [5.41, 5.74) is 0.188. The van der Waals surface area contributed by atoms with E-state index in [1.54, 1.807) is 18.2 Å². The number of benzene rings is 2. The lowest BCUT2D eigenvalue weighted by atomic mass is 10.00.